The van der Waals surface area contributed by atoms with Crippen molar-refractivity contribution in [2.75, 3.05) is 12.1 Å². The maximum Gasteiger partial charge on any atom is 0.290 e. The van der Waals surface area contributed by atoms with E-state index in [9.17, 15) is 4.79 Å². The van der Waals surface area contributed by atoms with Gasteiger partial charge in [-0.25, -0.2) is 4.98 Å². The van der Waals surface area contributed by atoms with Crippen LogP contribution in [0.1, 0.15) is 15.2 Å². The number of amides is 1. The molecule has 2 heterocycles. The van der Waals surface area contributed by atoms with Gasteiger partial charge in [0.1, 0.15) is 5.75 Å². The third kappa shape index (κ3) is 3.99. The predicted molar refractivity (Wildman–Crippen MR) is 119 cm³/mol. The molecule has 0 aliphatic carbocycles. The Hall–Kier alpha value is -2.55. The summed E-state index contributed by atoms with van der Waals surface area (Å²) < 4.78 is 7.12. The van der Waals surface area contributed by atoms with Crippen LogP contribution in [0.25, 0.3) is 10.2 Å². The van der Waals surface area contributed by atoms with Gasteiger partial charge >= 0.3 is 0 Å². The van der Waals surface area contributed by atoms with Gasteiger partial charge in [-0.15, -0.1) is 11.3 Å². The Morgan fingerprint density at radius 1 is 1.21 bits per heavy atom. The lowest BCUT2D eigenvalue weighted by Crippen LogP contribution is -2.24. The van der Waals surface area contributed by atoms with Crippen LogP contribution in [0.15, 0.2) is 69.6 Å². The van der Waals surface area contributed by atoms with Crippen LogP contribution in [0.5, 0.6) is 5.75 Å². The molecular formula is C20H14BrN3O2S2. The second-order valence-electron chi connectivity index (χ2n) is 5.72. The predicted octanol–water partition coefficient (Wildman–Crippen LogP) is 5.81. The highest BCUT2D eigenvalue weighted by Crippen LogP contribution is 2.32. The van der Waals surface area contributed by atoms with Crippen molar-refractivity contribution in [3.8, 4) is 5.75 Å². The monoisotopic (exact) mass is 471 g/mol. The molecule has 0 spiro atoms. The number of benzene rings is 2. The molecule has 5 nitrogen and oxygen atoms in total. The summed E-state index contributed by atoms with van der Waals surface area (Å²) in [6.45, 7) is 0. The molecule has 0 aliphatic heterocycles. The van der Waals surface area contributed by atoms with E-state index in [1.54, 1.807) is 19.4 Å². The number of carbonyl (C=O) groups is 1. The molecule has 140 valence electrons. The molecule has 2 aromatic heterocycles. The number of hydrogen-bond donors (Lipinski definition) is 0. The first-order chi connectivity index (χ1) is 13.6. The van der Waals surface area contributed by atoms with E-state index in [0.717, 1.165) is 26.0 Å². The Morgan fingerprint density at radius 2 is 2.04 bits per heavy atom. The van der Waals surface area contributed by atoms with Crippen LogP contribution in [-0.2, 0) is 0 Å². The first-order valence-corrected chi connectivity index (χ1v) is 10.7. The molecule has 0 aliphatic rings. The molecule has 0 radical (unpaired) electrons. The minimum atomic E-state index is -0.210. The number of hydrazone groups is 1. The minimum absolute atomic E-state index is 0.210. The number of hydrogen-bond acceptors (Lipinski definition) is 6. The highest BCUT2D eigenvalue weighted by molar-refractivity contribution is 9.10. The first kappa shape index (κ1) is 18.8. The molecule has 0 saturated carbocycles. The second kappa shape index (κ2) is 8.22. The van der Waals surface area contributed by atoms with E-state index in [-0.39, 0.29) is 5.91 Å². The third-order valence-electron chi connectivity index (χ3n) is 3.88. The Morgan fingerprint density at radius 3 is 2.75 bits per heavy atom. The van der Waals surface area contributed by atoms with E-state index in [1.165, 1.54) is 27.7 Å². The number of methoxy groups -OCH3 is 1. The van der Waals surface area contributed by atoms with Gasteiger partial charge in [-0.1, -0.05) is 33.3 Å². The summed E-state index contributed by atoms with van der Waals surface area (Å²) in [6.07, 6.45) is 1.65. The van der Waals surface area contributed by atoms with Crippen LogP contribution in [-0.4, -0.2) is 24.2 Å². The number of anilines is 1. The molecule has 4 rings (SSSR count). The fourth-order valence-electron chi connectivity index (χ4n) is 2.48. The Labute approximate surface area is 178 Å². The number of thiophene rings is 1. The third-order valence-corrected chi connectivity index (χ3v) is 6.23. The minimum Gasteiger partial charge on any atom is -0.497 e. The van der Waals surface area contributed by atoms with Crippen molar-refractivity contribution in [2.45, 2.75) is 0 Å². The molecule has 0 atom stereocenters. The van der Waals surface area contributed by atoms with Gasteiger partial charge in [0.25, 0.3) is 5.91 Å². The normalized spacial score (nSPS) is 11.2. The van der Waals surface area contributed by atoms with E-state index in [2.05, 4.69) is 26.0 Å². The molecule has 0 unspecified atom stereocenters. The summed E-state index contributed by atoms with van der Waals surface area (Å²) in [5.41, 5.74) is 1.68. The van der Waals surface area contributed by atoms with Gasteiger partial charge in [0, 0.05) is 4.47 Å². The molecule has 4 aromatic rings. The van der Waals surface area contributed by atoms with Gasteiger partial charge in [0.05, 0.1) is 28.4 Å². The van der Waals surface area contributed by atoms with E-state index < -0.39 is 0 Å². The zero-order valence-corrected chi connectivity index (χ0v) is 17.9. The average Bonchev–Trinajstić information content (AvgIpc) is 3.38. The largest absolute Gasteiger partial charge is 0.497 e. The maximum atomic E-state index is 13.0. The molecule has 8 heteroatoms. The second-order valence-corrected chi connectivity index (χ2v) is 8.59. The molecule has 2 aromatic carbocycles. The van der Waals surface area contributed by atoms with Crippen LogP contribution in [0.2, 0.25) is 0 Å². The van der Waals surface area contributed by atoms with Crippen LogP contribution < -0.4 is 9.75 Å². The summed E-state index contributed by atoms with van der Waals surface area (Å²) in [6, 6.07) is 16.9. The van der Waals surface area contributed by atoms with Crippen molar-refractivity contribution < 1.29 is 9.53 Å². The molecule has 0 N–H and O–H groups in total. The van der Waals surface area contributed by atoms with Crippen molar-refractivity contribution in [1.82, 2.24) is 4.98 Å². The van der Waals surface area contributed by atoms with Crippen molar-refractivity contribution in [3.63, 3.8) is 0 Å². The number of fused-ring (bicyclic) bond motifs is 1. The van der Waals surface area contributed by atoms with Gasteiger partial charge in [0.15, 0.2) is 0 Å². The maximum absolute atomic E-state index is 13.0. The van der Waals surface area contributed by atoms with Crippen molar-refractivity contribution in [1.29, 1.82) is 0 Å². The number of rotatable bonds is 5. The van der Waals surface area contributed by atoms with Crippen molar-refractivity contribution in [3.05, 3.63) is 74.9 Å². The smallest absolute Gasteiger partial charge is 0.290 e. The summed E-state index contributed by atoms with van der Waals surface area (Å²) in [4.78, 5) is 18.2. The van der Waals surface area contributed by atoms with Crippen molar-refractivity contribution >= 4 is 66.1 Å². The molecule has 0 fully saturated rings. The number of ether oxygens (including phenoxy) is 1. The average molecular weight is 472 g/mol. The summed E-state index contributed by atoms with van der Waals surface area (Å²) in [5.74, 6) is 0.554. The van der Waals surface area contributed by atoms with Gasteiger partial charge in [-0.2, -0.15) is 10.1 Å². The van der Waals surface area contributed by atoms with Gasteiger partial charge in [-0.3, -0.25) is 4.79 Å². The number of thiazole rings is 1. The standard InChI is InChI=1S/C20H14BrN3O2S2/c1-26-15-7-4-13(5-8-15)12-22-24(19(25)17-3-2-10-27-17)20-23-16-9-6-14(21)11-18(16)28-20/h2-12H,1H3/b22-12+. The molecule has 0 bridgehead atoms. The Balaban J connectivity index is 1.72. The van der Waals surface area contributed by atoms with E-state index in [4.69, 9.17) is 4.74 Å². The van der Waals surface area contributed by atoms with E-state index in [1.807, 2.05) is 53.9 Å². The van der Waals surface area contributed by atoms with E-state index >= 15 is 0 Å². The van der Waals surface area contributed by atoms with Crippen LogP contribution in [0, 0.1) is 0 Å². The lowest BCUT2D eigenvalue weighted by atomic mass is 10.2. The Kier molecular flexibility index (Phi) is 5.52. The number of carbonyl (C=O) groups excluding carboxylic acids is 1. The van der Waals surface area contributed by atoms with Crippen LogP contribution >= 0.6 is 38.6 Å². The zero-order chi connectivity index (χ0) is 19.5. The summed E-state index contributed by atoms with van der Waals surface area (Å²) in [7, 11) is 1.62. The summed E-state index contributed by atoms with van der Waals surface area (Å²) >= 11 is 6.27. The SMILES string of the molecule is COc1ccc(/C=N/N(C(=O)c2cccs2)c2nc3ccc(Br)cc3s2)cc1. The molecule has 28 heavy (non-hydrogen) atoms. The van der Waals surface area contributed by atoms with Gasteiger partial charge in [-0.05, 0) is 59.5 Å². The number of nitrogens with zero attached hydrogens (tertiary/aromatic N) is 3. The van der Waals surface area contributed by atoms with Crippen molar-refractivity contribution in [2.24, 2.45) is 5.10 Å². The first-order valence-electron chi connectivity index (χ1n) is 8.26. The Bertz CT molecular complexity index is 1140. The number of halogens is 1. The lowest BCUT2D eigenvalue weighted by Gasteiger charge is -2.12. The van der Waals surface area contributed by atoms with E-state index in [0.29, 0.717) is 10.0 Å². The van der Waals surface area contributed by atoms with Gasteiger partial charge in [0.2, 0.25) is 5.13 Å². The highest BCUT2D eigenvalue weighted by atomic mass is 79.9. The topological polar surface area (TPSA) is 54.8 Å². The molecular weight excluding hydrogens is 458 g/mol. The fraction of sp³-hybridized carbons (Fsp3) is 0.0500. The number of aromatic nitrogens is 1. The van der Waals surface area contributed by atoms with Crippen LogP contribution in [0.4, 0.5) is 5.13 Å². The lowest BCUT2D eigenvalue weighted by molar-refractivity contribution is 0.0991. The summed E-state index contributed by atoms with van der Waals surface area (Å²) in [5, 5.41) is 8.20. The quantitative estimate of drug-likeness (QED) is 0.272. The zero-order valence-electron chi connectivity index (χ0n) is 14.7. The van der Waals surface area contributed by atoms with Crippen LogP contribution in [0.3, 0.4) is 0 Å². The molecule has 1 amide bonds. The fourth-order valence-corrected chi connectivity index (χ4v) is 4.61. The van der Waals surface area contributed by atoms with Gasteiger partial charge < -0.3 is 4.74 Å². The highest BCUT2D eigenvalue weighted by Gasteiger charge is 2.21. The molecule has 0 saturated heterocycles.